The molecule has 0 aliphatic rings. The van der Waals surface area contributed by atoms with Crippen LogP contribution in [-0.2, 0) is 0 Å². The summed E-state index contributed by atoms with van der Waals surface area (Å²) in [7, 11) is 0. The summed E-state index contributed by atoms with van der Waals surface area (Å²) >= 11 is 0. The fraction of sp³-hybridized carbons (Fsp3) is 0. The van der Waals surface area contributed by atoms with Crippen molar-refractivity contribution in [2.24, 2.45) is 0 Å². The van der Waals surface area contributed by atoms with E-state index in [-0.39, 0.29) is 0 Å². The molecule has 0 aliphatic heterocycles. The number of hydrogen-bond donors (Lipinski definition) is 0. The zero-order chi connectivity index (χ0) is 34.9. The second kappa shape index (κ2) is 11.7. The molecule has 0 unspecified atom stereocenters. The highest BCUT2D eigenvalue weighted by Gasteiger charge is 2.18. The smallest absolute Gasteiger partial charge is 0.136 e. The van der Waals surface area contributed by atoms with E-state index in [1.54, 1.807) is 0 Å². The lowest BCUT2D eigenvalue weighted by atomic mass is 9.92. The summed E-state index contributed by atoms with van der Waals surface area (Å²) in [5.74, 6) is 0. The molecule has 53 heavy (non-hydrogen) atoms. The predicted molar refractivity (Wildman–Crippen MR) is 223 cm³/mol. The standard InChI is InChI=1S/C50H32N2O/c1-3-13-35(14-4-1)51(36-15-5-2-6-16-36)37-25-23-33(24-26-37)43-29-34-30-46-42-19-9-12-22-49(42)53-50(46)32-44(34)39-28-27-38(31-45(39)43)52-47-20-10-7-17-40(47)41-18-8-11-21-48(41)52/h1-32H. The van der Waals surface area contributed by atoms with Gasteiger partial charge in [-0.1, -0.05) is 109 Å². The van der Waals surface area contributed by atoms with Crippen LogP contribution in [0, 0.1) is 0 Å². The van der Waals surface area contributed by atoms with Crippen LogP contribution >= 0.6 is 0 Å². The number of furan rings is 1. The van der Waals surface area contributed by atoms with E-state index < -0.39 is 0 Å². The number of anilines is 3. The topological polar surface area (TPSA) is 21.3 Å². The molecule has 0 aliphatic carbocycles. The predicted octanol–water partition coefficient (Wildman–Crippen LogP) is 14.1. The van der Waals surface area contributed by atoms with Crippen LogP contribution in [0.2, 0.25) is 0 Å². The molecule has 3 heteroatoms. The van der Waals surface area contributed by atoms with Crippen molar-refractivity contribution < 1.29 is 4.42 Å². The van der Waals surface area contributed by atoms with Gasteiger partial charge in [-0.05, 0) is 118 Å². The van der Waals surface area contributed by atoms with Crippen molar-refractivity contribution in [2.75, 3.05) is 4.90 Å². The first-order valence-corrected chi connectivity index (χ1v) is 18.1. The average molecular weight is 677 g/mol. The van der Waals surface area contributed by atoms with Gasteiger partial charge in [0, 0.05) is 44.3 Å². The van der Waals surface area contributed by atoms with Crippen LogP contribution in [0.3, 0.4) is 0 Å². The van der Waals surface area contributed by atoms with Crippen molar-refractivity contribution in [3.8, 4) is 16.8 Å². The Bertz CT molecular complexity index is 3060. The monoisotopic (exact) mass is 676 g/mol. The zero-order valence-electron chi connectivity index (χ0n) is 28.8. The molecule has 0 N–H and O–H groups in total. The molecule has 2 heterocycles. The summed E-state index contributed by atoms with van der Waals surface area (Å²) in [4.78, 5) is 2.31. The molecule has 0 amide bonds. The molecule has 11 aromatic rings. The minimum atomic E-state index is 0.908. The quantitative estimate of drug-likeness (QED) is 0.169. The summed E-state index contributed by atoms with van der Waals surface area (Å²) in [6.07, 6.45) is 0. The third kappa shape index (κ3) is 4.68. The molecule has 0 saturated carbocycles. The lowest BCUT2D eigenvalue weighted by molar-refractivity contribution is 0.669. The van der Waals surface area contributed by atoms with E-state index in [9.17, 15) is 0 Å². The molecule has 9 aromatic carbocycles. The average Bonchev–Trinajstić information content (AvgIpc) is 3.76. The van der Waals surface area contributed by atoms with Crippen LogP contribution in [0.5, 0.6) is 0 Å². The van der Waals surface area contributed by atoms with E-state index in [0.717, 1.165) is 44.7 Å². The van der Waals surface area contributed by atoms with Gasteiger partial charge in [0.2, 0.25) is 0 Å². The summed E-state index contributed by atoms with van der Waals surface area (Å²) in [6, 6.07) is 69.8. The van der Waals surface area contributed by atoms with Crippen molar-refractivity contribution in [2.45, 2.75) is 0 Å². The van der Waals surface area contributed by atoms with Crippen molar-refractivity contribution in [1.29, 1.82) is 0 Å². The molecule has 2 aromatic heterocycles. The number of fused-ring (bicyclic) bond motifs is 9. The van der Waals surface area contributed by atoms with Gasteiger partial charge in [0.25, 0.3) is 0 Å². The molecule has 248 valence electrons. The highest BCUT2D eigenvalue weighted by atomic mass is 16.3. The maximum absolute atomic E-state index is 6.40. The number of hydrogen-bond acceptors (Lipinski definition) is 2. The van der Waals surface area contributed by atoms with Gasteiger partial charge in [0.15, 0.2) is 0 Å². The van der Waals surface area contributed by atoms with Crippen molar-refractivity contribution in [3.05, 3.63) is 194 Å². The molecule has 0 atom stereocenters. The van der Waals surface area contributed by atoms with Crippen molar-refractivity contribution in [3.63, 3.8) is 0 Å². The molecule has 0 radical (unpaired) electrons. The minimum absolute atomic E-state index is 0.908. The van der Waals surface area contributed by atoms with Gasteiger partial charge in [0.1, 0.15) is 11.2 Å². The van der Waals surface area contributed by atoms with Gasteiger partial charge < -0.3 is 13.9 Å². The van der Waals surface area contributed by atoms with Crippen LogP contribution in [0.25, 0.3) is 82.1 Å². The third-order valence-electron chi connectivity index (χ3n) is 10.7. The molecule has 0 saturated heterocycles. The Morgan fingerprint density at radius 1 is 0.358 bits per heavy atom. The fourth-order valence-electron chi connectivity index (χ4n) is 8.33. The molecule has 0 fully saturated rings. The number of nitrogens with zero attached hydrogens (tertiary/aromatic N) is 2. The number of para-hydroxylation sites is 5. The van der Waals surface area contributed by atoms with Gasteiger partial charge in [0.05, 0.1) is 11.0 Å². The Balaban J connectivity index is 1.16. The minimum Gasteiger partial charge on any atom is -0.456 e. The summed E-state index contributed by atoms with van der Waals surface area (Å²) in [5, 5.41) is 9.55. The van der Waals surface area contributed by atoms with Crippen LogP contribution in [0.1, 0.15) is 0 Å². The van der Waals surface area contributed by atoms with E-state index in [2.05, 4.69) is 198 Å². The van der Waals surface area contributed by atoms with Gasteiger partial charge >= 0.3 is 0 Å². The number of rotatable bonds is 5. The van der Waals surface area contributed by atoms with Crippen molar-refractivity contribution >= 4 is 82.4 Å². The lowest BCUT2D eigenvalue weighted by Crippen LogP contribution is -2.09. The normalized spacial score (nSPS) is 11.8. The Kier molecular flexibility index (Phi) is 6.55. The molecule has 0 bridgehead atoms. The third-order valence-corrected chi connectivity index (χ3v) is 10.7. The van der Waals surface area contributed by atoms with E-state index in [1.165, 1.54) is 54.5 Å². The summed E-state index contributed by atoms with van der Waals surface area (Å²) in [5.41, 5.74) is 11.1. The van der Waals surface area contributed by atoms with E-state index in [1.807, 2.05) is 6.07 Å². The van der Waals surface area contributed by atoms with Gasteiger partial charge in [-0.2, -0.15) is 0 Å². The Hall–Kier alpha value is -7.10. The molecule has 3 nitrogen and oxygen atoms in total. The molecular formula is C50H32N2O. The zero-order valence-corrected chi connectivity index (χ0v) is 28.8. The van der Waals surface area contributed by atoms with E-state index >= 15 is 0 Å². The summed E-state index contributed by atoms with van der Waals surface area (Å²) in [6.45, 7) is 0. The molecule has 11 rings (SSSR count). The second-order valence-electron chi connectivity index (χ2n) is 13.7. The Labute approximate surface area is 306 Å². The Morgan fingerprint density at radius 2 is 0.943 bits per heavy atom. The first-order valence-electron chi connectivity index (χ1n) is 18.1. The first-order chi connectivity index (χ1) is 26.3. The van der Waals surface area contributed by atoms with Gasteiger partial charge in [-0.15, -0.1) is 0 Å². The summed E-state index contributed by atoms with van der Waals surface area (Å²) < 4.78 is 8.81. The van der Waals surface area contributed by atoms with Gasteiger partial charge in [-0.25, -0.2) is 0 Å². The molecular weight excluding hydrogens is 645 g/mol. The Morgan fingerprint density at radius 3 is 1.62 bits per heavy atom. The molecule has 0 spiro atoms. The maximum Gasteiger partial charge on any atom is 0.136 e. The highest BCUT2D eigenvalue weighted by molar-refractivity contribution is 6.20. The lowest BCUT2D eigenvalue weighted by Gasteiger charge is -2.25. The van der Waals surface area contributed by atoms with Crippen LogP contribution in [-0.4, -0.2) is 4.57 Å². The second-order valence-corrected chi connectivity index (χ2v) is 13.7. The van der Waals surface area contributed by atoms with Gasteiger partial charge in [-0.3, -0.25) is 0 Å². The van der Waals surface area contributed by atoms with Crippen LogP contribution < -0.4 is 4.90 Å². The van der Waals surface area contributed by atoms with Crippen LogP contribution in [0.15, 0.2) is 199 Å². The van der Waals surface area contributed by atoms with Crippen LogP contribution in [0.4, 0.5) is 17.1 Å². The van der Waals surface area contributed by atoms with E-state index in [0.29, 0.717) is 0 Å². The first kappa shape index (κ1) is 29.6. The fourth-order valence-corrected chi connectivity index (χ4v) is 8.33. The number of aromatic nitrogens is 1. The van der Waals surface area contributed by atoms with Crippen molar-refractivity contribution in [1.82, 2.24) is 4.57 Å². The highest BCUT2D eigenvalue weighted by Crippen LogP contribution is 2.42. The number of benzene rings is 9. The largest absolute Gasteiger partial charge is 0.456 e. The SMILES string of the molecule is c1ccc(N(c2ccccc2)c2ccc(-c3cc4cc5c(cc4c4ccc(-n6c7ccccc7c7ccccc76)cc34)oc3ccccc35)cc2)cc1. The van der Waals surface area contributed by atoms with E-state index in [4.69, 9.17) is 4.42 Å². The maximum atomic E-state index is 6.40.